The number of hydrogen-bond acceptors (Lipinski definition) is 5. The van der Waals surface area contributed by atoms with Crippen LogP contribution in [0, 0.1) is 0 Å². The Morgan fingerprint density at radius 2 is 1.74 bits per heavy atom. The van der Waals surface area contributed by atoms with Crippen molar-refractivity contribution in [2.45, 2.75) is 20.0 Å². The average Bonchev–Trinajstić information content (AvgIpc) is 3.26. The van der Waals surface area contributed by atoms with E-state index in [0.29, 0.717) is 22.5 Å². The normalized spacial score (nSPS) is 10.9. The summed E-state index contributed by atoms with van der Waals surface area (Å²) in [6.45, 7) is 2.38. The van der Waals surface area contributed by atoms with Crippen LogP contribution in [-0.2, 0) is 17.9 Å². The van der Waals surface area contributed by atoms with Gasteiger partial charge in [0.1, 0.15) is 17.0 Å². The van der Waals surface area contributed by atoms with E-state index in [4.69, 9.17) is 4.74 Å². The van der Waals surface area contributed by atoms with Crippen molar-refractivity contribution in [1.82, 2.24) is 9.13 Å². The molecule has 7 nitrogen and oxygen atoms in total. The number of hydrogen-bond donors (Lipinski definition) is 1. The number of aromatic nitrogens is 2. The number of fused-ring (bicyclic) bond motifs is 1. The molecule has 1 N–H and O–H groups in total. The number of ether oxygens (including phenoxy) is 1. The molecule has 0 bridgehead atoms. The summed E-state index contributed by atoms with van der Waals surface area (Å²) in [5.41, 5.74) is 1.02. The van der Waals surface area contributed by atoms with Gasteiger partial charge >= 0.3 is 5.69 Å². The van der Waals surface area contributed by atoms with Crippen LogP contribution in [0.4, 0.5) is 5.69 Å². The molecular weight excluding hydrogens is 414 g/mol. The molecule has 2 aromatic heterocycles. The molecule has 0 aliphatic rings. The van der Waals surface area contributed by atoms with Gasteiger partial charge in [-0.25, -0.2) is 4.79 Å². The maximum Gasteiger partial charge on any atom is 0.332 e. The molecule has 4 aromatic rings. The van der Waals surface area contributed by atoms with Crippen molar-refractivity contribution in [1.29, 1.82) is 0 Å². The third-order valence-corrected chi connectivity index (χ3v) is 5.66. The Kier molecular flexibility index (Phi) is 5.99. The first kappa shape index (κ1) is 20.6. The molecule has 31 heavy (non-hydrogen) atoms. The van der Waals surface area contributed by atoms with Crippen molar-refractivity contribution in [3.05, 3.63) is 92.4 Å². The van der Waals surface area contributed by atoms with Crippen molar-refractivity contribution < 1.29 is 9.53 Å². The predicted molar refractivity (Wildman–Crippen MR) is 122 cm³/mol. The minimum atomic E-state index is -0.520. The number of benzene rings is 2. The van der Waals surface area contributed by atoms with E-state index in [0.717, 1.165) is 11.3 Å². The van der Waals surface area contributed by atoms with Crippen molar-refractivity contribution >= 4 is 33.1 Å². The van der Waals surface area contributed by atoms with E-state index < -0.39 is 5.69 Å². The van der Waals surface area contributed by atoms with Crippen LogP contribution in [0.25, 0.3) is 10.2 Å². The van der Waals surface area contributed by atoms with E-state index in [1.165, 1.54) is 20.5 Å². The Labute approximate surface area is 182 Å². The molecule has 2 aromatic carbocycles. The highest BCUT2D eigenvalue weighted by molar-refractivity contribution is 7.17. The lowest BCUT2D eigenvalue weighted by molar-refractivity contribution is -0.116. The van der Waals surface area contributed by atoms with E-state index in [2.05, 4.69) is 5.32 Å². The van der Waals surface area contributed by atoms with Crippen molar-refractivity contribution in [3.8, 4) is 5.75 Å². The van der Waals surface area contributed by atoms with E-state index in [-0.39, 0.29) is 24.6 Å². The lowest BCUT2D eigenvalue weighted by Crippen LogP contribution is -2.41. The molecule has 0 atom stereocenters. The topological polar surface area (TPSA) is 82.3 Å². The molecule has 2 heterocycles. The third kappa shape index (κ3) is 4.44. The Morgan fingerprint density at radius 3 is 2.45 bits per heavy atom. The lowest BCUT2D eigenvalue weighted by Gasteiger charge is -2.13. The van der Waals surface area contributed by atoms with Crippen molar-refractivity contribution in [2.75, 3.05) is 11.9 Å². The highest BCUT2D eigenvalue weighted by Crippen LogP contribution is 2.17. The van der Waals surface area contributed by atoms with Gasteiger partial charge in [-0.15, -0.1) is 11.3 Å². The summed E-state index contributed by atoms with van der Waals surface area (Å²) in [5, 5.41) is 4.53. The molecule has 0 aliphatic heterocycles. The summed E-state index contributed by atoms with van der Waals surface area (Å²) in [4.78, 5) is 38.7. The second-order valence-electron chi connectivity index (χ2n) is 6.89. The highest BCUT2D eigenvalue weighted by atomic mass is 32.1. The molecular formula is C23H21N3O4S. The predicted octanol–water partition coefficient (Wildman–Crippen LogP) is 3.31. The SMILES string of the molecule is CCOc1ccc(Cn2c(=O)c3sccc3n(CC(=O)Nc3ccccc3)c2=O)cc1. The maximum atomic E-state index is 13.2. The number of carbonyl (C=O) groups is 1. The van der Waals surface area contributed by atoms with Crippen LogP contribution < -0.4 is 21.3 Å². The Bertz CT molecular complexity index is 1320. The standard InChI is InChI=1S/C23H21N3O4S/c1-2-30-18-10-8-16(9-11-18)14-26-22(28)21-19(12-13-31-21)25(23(26)29)15-20(27)24-17-6-4-3-5-7-17/h3-13H,2,14-15H2,1H3,(H,24,27). The molecule has 4 rings (SSSR count). The van der Waals surface area contributed by atoms with Gasteiger partial charge in [-0.05, 0) is 48.2 Å². The number of nitrogens with zero attached hydrogens (tertiary/aromatic N) is 2. The van der Waals surface area contributed by atoms with Gasteiger partial charge in [-0.3, -0.25) is 18.7 Å². The molecule has 0 aliphatic carbocycles. The van der Waals surface area contributed by atoms with Crippen LogP contribution >= 0.6 is 11.3 Å². The molecule has 1 amide bonds. The molecule has 158 valence electrons. The molecule has 8 heteroatoms. The van der Waals surface area contributed by atoms with Crippen LogP contribution in [0.5, 0.6) is 5.75 Å². The number of nitrogens with one attached hydrogen (secondary N) is 1. The van der Waals surface area contributed by atoms with Crippen LogP contribution in [0.2, 0.25) is 0 Å². The number of para-hydroxylation sites is 1. The smallest absolute Gasteiger partial charge is 0.332 e. The molecule has 0 unspecified atom stereocenters. The fourth-order valence-electron chi connectivity index (χ4n) is 3.33. The summed E-state index contributed by atoms with van der Waals surface area (Å²) in [7, 11) is 0. The first-order valence-electron chi connectivity index (χ1n) is 9.84. The molecule has 0 spiro atoms. The van der Waals surface area contributed by atoms with E-state index >= 15 is 0 Å². The van der Waals surface area contributed by atoms with Crippen molar-refractivity contribution in [2.24, 2.45) is 0 Å². The summed E-state index contributed by atoms with van der Waals surface area (Å²) in [5.74, 6) is 0.384. The van der Waals surface area contributed by atoms with Gasteiger partial charge in [0, 0.05) is 5.69 Å². The molecule has 0 saturated carbocycles. The molecule has 0 fully saturated rings. The Balaban J connectivity index is 1.67. The largest absolute Gasteiger partial charge is 0.494 e. The van der Waals surface area contributed by atoms with Gasteiger partial charge in [0.25, 0.3) is 5.56 Å². The first-order chi connectivity index (χ1) is 15.1. The minimum absolute atomic E-state index is 0.109. The van der Waals surface area contributed by atoms with E-state index in [1.54, 1.807) is 35.7 Å². The minimum Gasteiger partial charge on any atom is -0.494 e. The van der Waals surface area contributed by atoms with Crippen LogP contribution in [0.15, 0.2) is 75.6 Å². The zero-order chi connectivity index (χ0) is 21.8. The number of anilines is 1. The molecule has 0 saturated heterocycles. The van der Waals surface area contributed by atoms with E-state index in [9.17, 15) is 14.4 Å². The summed E-state index contributed by atoms with van der Waals surface area (Å²) in [6, 6.07) is 18.0. The Morgan fingerprint density at radius 1 is 1.00 bits per heavy atom. The highest BCUT2D eigenvalue weighted by Gasteiger charge is 2.17. The maximum absolute atomic E-state index is 13.2. The summed E-state index contributed by atoms with van der Waals surface area (Å²) in [6.07, 6.45) is 0. The number of rotatable bonds is 7. The van der Waals surface area contributed by atoms with E-state index in [1.807, 2.05) is 37.3 Å². The average molecular weight is 436 g/mol. The zero-order valence-electron chi connectivity index (χ0n) is 16.9. The van der Waals surface area contributed by atoms with Gasteiger partial charge in [0.2, 0.25) is 5.91 Å². The second kappa shape index (κ2) is 9.01. The quantitative estimate of drug-likeness (QED) is 0.483. The monoisotopic (exact) mass is 435 g/mol. The van der Waals surface area contributed by atoms with Crippen LogP contribution in [0.1, 0.15) is 12.5 Å². The summed E-state index contributed by atoms with van der Waals surface area (Å²) < 4.78 is 8.40. The van der Waals surface area contributed by atoms with Crippen LogP contribution in [-0.4, -0.2) is 21.6 Å². The fourth-order valence-corrected chi connectivity index (χ4v) is 4.17. The second-order valence-corrected chi connectivity index (χ2v) is 7.80. The van der Waals surface area contributed by atoms with Gasteiger partial charge in [-0.2, -0.15) is 0 Å². The molecule has 0 radical (unpaired) electrons. The number of amides is 1. The van der Waals surface area contributed by atoms with Gasteiger partial charge in [-0.1, -0.05) is 30.3 Å². The first-order valence-corrected chi connectivity index (χ1v) is 10.7. The van der Waals surface area contributed by atoms with Gasteiger partial charge in [0.15, 0.2) is 0 Å². The van der Waals surface area contributed by atoms with Crippen molar-refractivity contribution in [3.63, 3.8) is 0 Å². The lowest BCUT2D eigenvalue weighted by atomic mass is 10.2. The Hall–Kier alpha value is -3.65. The van der Waals surface area contributed by atoms with Gasteiger partial charge in [0.05, 0.1) is 18.7 Å². The third-order valence-electron chi connectivity index (χ3n) is 4.77. The van der Waals surface area contributed by atoms with Gasteiger partial charge < -0.3 is 10.1 Å². The number of thiophene rings is 1. The van der Waals surface area contributed by atoms with Crippen LogP contribution in [0.3, 0.4) is 0 Å². The zero-order valence-corrected chi connectivity index (χ0v) is 17.7. The summed E-state index contributed by atoms with van der Waals surface area (Å²) >= 11 is 1.26. The fraction of sp³-hybridized carbons (Fsp3) is 0.174. The number of carbonyl (C=O) groups excluding carboxylic acids is 1.